The molecule has 0 amide bonds. The van der Waals surface area contributed by atoms with E-state index in [-0.39, 0.29) is 31.3 Å². The van der Waals surface area contributed by atoms with Crippen molar-refractivity contribution in [2.75, 3.05) is 19.6 Å². The first kappa shape index (κ1) is 20.4. The SMILES string of the molecule is CCC[N+]([O-])(CCN=O)Cc1cc(C(F)(F)F)cc(C(F)(F)F)c1. The number of hydrogen-bond acceptors (Lipinski definition) is 3. The minimum absolute atomic E-state index is 0.00970. The van der Waals surface area contributed by atoms with Crippen LogP contribution in [0.1, 0.15) is 30.0 Å². The van der Waals surface area contributed by atoms with Crippen molar-refractivity contribution in [3.8, 4) is 0 Å². The van der Waals surface area contributed by atoms with Gasteiger partial charge >= 0.3 is 12.4 Å². The normalized spacial score (nSPS) is 15.2. The second-order valence-corrected chi connectivity index (χ2v) is 5.43. The summed E-state index contributed by atoms with van der Waals surface area (Å²) in [6.45, 7) is 0.319. The van der Waals surface area contributed by atoms with Crippen LogP contribution in [0, 0.1) is 10.1 Å². The van der Waals surface area contributed by atoms with Gasteiger partial charge in [-0.05, 0) is 24.6 Å². The fourth-order valence-electron chi connectivity index (χ4n) is 2.34. The Morgan fingerprint density at radius 3 is 1.88 bits per heavy atom. The maximum Gasteiger partial charge on any atom is 0.416 e. The number of benzene rings is 1. The molecule has 1 unspecified atom stereocenters. The van der Waals surface area contributed by atoms with E-state index in [1.54, 1.807) is 6.92 Å². The Labute approximate surface area is 134 Å². The van der Waals surface area contributed by atoms with Crippen molar-refractivity contribution < 1.29 is 31.0 Å². The fourth-order valence-corrected chi connectivity index (χ4v) is 2.34. The molecule has 0 saturated carbocycles. The highest BCUT2D eigenvalue weighted by molar-refractivity contribution is 5.33. The first-order chi connectivity index (χ1) is 10.9. The average molecular weight is 358 g/mol. The summed E-state index contributed by atoms with van der Waals surface area (Å²) in [5.74, 6) is 0. The Hall–Kier alpha value is -1.68. The van der Waals surface area contributed by atoms with Gasteiger partial charge in [-0.3, -0.25) is 0 Å². The van der Waals surface area contributed by atoms with E-state index >= 15 is 0 Å². The number of nitrogens with zero attached hydrogens (tertiary/aromatic N) is 2. The van der Waals surface area contributed by atoms with Crippen LogP contribution in [0.15, 0.2) is 23.4 Å². The molecule has 0 aliphatic carbocycles. The second kappa shape index (κ2) is 7.47. The molecule has 0 aliphatic heterocycles. The maximum atomic E-state index is 12.8. The number of halogens is 6. The lowest BCUT2D eigenvalue weighted by atomic mass is 10.0. The minimum Gasteiger partial charge on any atom is -0.632 e. The van der Waals surface area contributed by atoms with Crippen LogP contribution in [0.5, 0.6) is 0 Å². The average Bonchev–Trinajstić information content (AvgIpc) is 2.43. The topological polar surface area (TPSA) is 52.5 Å². The Morgan fingerprint density at radius 2 is 1.50 bits per heavy atom. The summed E-state index contributed by atoms with van der Waals surface area (Å²) in [4.78, 5) is 10.2. The highest BCUT2D eigenvalue weighted by Gasteiger charge is 2.37. The van der Waals surface area contributed by atoms with Gasteiger partial charge in [0, 0.05) is 5.56 Å². The lowest BCUT2D eigenvalue weighted by Gasteiger charge is -2.42. The molecule has 136 valence electrons. The first-order valence-electron chi connectivity index (χ1n) is 7.06. The van der Waals surface area contributed by atoms with Crippen molar-refractivity contribution in [1.29, 1.82) is 0 Å². The summed E-state index contributed by atoms with van der Waals surface area (Å²) in [5.41, 5.74) is -3.32. The number of quaternary nitrogens is 1. The smallest absolute Gasteiger partial charge is 0.416 e. The largest absolute Gasteiger partial charge is 0.632 e. The molecule has 0 aliphatic rings. The monoisotopic (exact) mass is 358 g/mol. The number of nitroso groups, excluding NO2 is 1. The molecule has 0 radical (unpaired) electrons. The predicted octanol–water partition coefficient (Wildman–Crippen LogP) is 4.72. The molecule has 4 nitrogen and oxygen atoms in total. The van der Waals surface area contributed by atoms with E-state index in [1.807, 2.05) is 0 Å². The van der Waals surface area contributed by atoms with Gasteiger partial charge in [0.15, 0.2) is 0 Å². The van der Waals surface area contributed by atoms with Gasteiger partial charge in [0.05, 0.1) is 17.7 Å². The molecule has 10 heteroatoms. The van der Waals surface area contributed by atoms with Crippen LogP contribution in [0.2, 0.25) is 0 Å². The molecule has 0 bridgehead atoms. The Balaban J connectivity index is 3.28. The molecule has 0 saturated heterocycles. The van der Waals surface area contributed by atoms with Crippen molar-refractivity contribution in [2.45, 2.75) is 32.2 Å². The van der Waals surface area contributed by atoms with Gasteiger partial charge in [-0.15, -0.1) is 0 Å². The summed E-state index contributed by atoms with van der Waals surface area (Å²) < 4.78 is 75.8. The molecule has 0 fully saturated rings. The Bertz CT molecular complexity index is 541. The highest BCUT2D eigenvalue weighted by Crippen LogP contribution is 2.36. The number of hydroxylamine groups is 3. The quantitative estimate of drug-likeness (QED) is 0.307. The minimum atomic E-state index is -4.97. The molecular formula is C14H16F6N2O2. The molecule has 24 heavy (non-hydrogen) atoms. The number of hydrogen-bond donors (Lipinski definition) is 0. The van der Waals surface area contributed by atoms with Crippen LogP contribution in [0.3, 0.4) is 0 Å². The number of rotatable bonds is 7. The van der Waals surface area contributed by atoms with Gasteiger partial charge in [-0.2, -0.15) is 31.2 Å². The van der Waals surface area contributed by atoms with Gasteiger partial charge in [0.25, 0.3) is 0 Å². The van der Waals surface area contributed by atoms with Gasteiger partial charge in [-0.1, -0.05) is 12.1 Å². The van der Waals surface area contributed by atoms with E-state index in [0.29, 0.717) is 18.6 Å². The van der Waals surface area contributed by atoms with Gasteiger partial charge in [0.2, 0.25) is 0 Å². The van der Waals surface area contributed by atoms with Crippen molar-refractivity contribution >= 4 is 0 Å². The van der Waals surface area contributed by atoms with E-state index in [4.69, 9.17) is 0 Å². The van der Waals surface area contributed by atoms with Crippen molar-refractivity contribution in [3.05, 3.63) is 45.0 Å². The second-order valence-electron chi connectivity index (χ2n) is 5.43. The van der Waals surface area contributed by atoms with E-state index in [1.165, 1.54) is 0 Å². The molecule has 1 aromatic carbocycles. The zero-order valence-corrected chi connectivity index (χ0v) is 12.7. The maximum absolute atomic E-state index is 12.8. The summed E-state index contributed by atoms with van der Waals surface area (Å²) in [6.07, 6.45) is -9.58. The van der Waals surface area contributed by atoms with Crippen molar-refractivity contribution in [3.63, 3.8) is 0 Å². The summed E-state index contributed by atoms with van der Waals surface area (Å²) in [6, 6.07) is 1.07. The van der Waals surface area contributed by atoms with E-state index in [0.717, 1.165) is 0 Å². The summed E-state index contributed by atoms with van der Waals surface area (Å²) >= 11 is 0. The Morgan fingerprint density at radius 1 is 1.00 bits per heavy atom. The van der Waals surface area contributed by atoms with E-state index < -0.39 is 34.7 Å². The van der Waals surface area contributed by atoms with Crippen LogP contribution in [-0.2, 0) is 18.9 Å². The predicted molar refractivity (Wildman–Crippen MR) is 74.5 cm³/mol. The third-order valence-corrected chi connectivity index (χ3v) is 3.35. The summed E-state index contributed by atoms with van der Waals surface area (Å²) in [5, 5.41) is 15.1. The highest BCUT2D eigenvalue weighted by atomic mass is 19.4. The zero-order valence-electron chi connectivity index (χ0n) is 12.7. The van der Waals surface area contributed by atoms with Crippen LogP contribution in [0.4, 0.5) is 26.3 Å². The third-order valence-electron chi connectivity index (χ3n) is 3.35. The Kier molecular flexibility index (Phi) is 6.34. The standard InChI is InChI=1S/C14H16F6N2O2/c1-2-4-22(24,5-3-21-23)9-10-6-11(13(15,16)17)8-12(7-10)14(18,19)20/h6-8H,2-5,9H2,1H3. The number of alkyl halides is 6. The molecule has 0 N–H and O–H groups in total. The van der Waals surface area contributed by atoms with Crippen LogP contribution >= 0.6 is 0 Å². The zero-order chi connectivity index (χ0) is 18.6. The van der Waals surface area contributed by atoms with Crippen LogP contribution in [-0.4, -0.2) is 24.3 Å². The summed E-state index contributed by atoms with van der Waals surface area (Å²) in [7, 11) is 0. The molecular weight excluding hydrogens is 342 g/mol. The van der Waals surface area contributed by atoms with Crippen LogP contribution in [0.25, 0.3) is 0 Å². The lowest BCUT2D eigenvalue weighted by Crippen LogP contribution is -2.44. The fraction of sp³-hybridized carbons (Fsp3) is 0.571. The molecule has 1 atom stereocenters. The van der Waals surface area contributed by atoms with Gasteiger partial charge in [0.1, 0.15) is 19.6 Å². The molecule has 0 heterocycles. The first-order valence-corrected chi connectivity index (χ1v) is 7.06. The van der Waals surface area contributed by atoms with Crippen molar-refractivity contribution in [1.82, 2.24) is 0 Å². The van der Waals surface area contributed by atoms with Crippen molar-refractivity contribution in [2.24, 2.45) is 5.18 Å². The van der Waals surface area contributed by atoms with Gasteiger partial charge < -0.3 is 9.85 Å². The molecule has 0 aromatic heterocycles. The van der Waals surface area contributed by atoms with E-state index in [2.05, 4.69) is 5.18 Å². The molecule has 1 aromatic rings. The lowest BCUT2D eigenvalue weighted by molar-refractivity contribution is -0.892. The van der Waals surface area contributed by atoms with Crippen LogP contribution < -0.4 is 0 Å². The van der Waals surface area contributed by atoms with Gasteiger partial charge in [-0.25, -0.2) is 0 Å². The van der Waals surface area contributed by atoms with E-state index in [9.17, 15) is 36.5 Å². The molecule has 0 spiro atoms. The third kappa shape index (κ3) is 5.75. The molecule has 1 rings (SSSR count).